The Kier molecular flexibility index (Phi) is 4.85. The fourth-order valence-electron chi connectivity index (χ4n) is 1.69. The normalized spacial score (nSPS) is 10.6. The second kappa shape index (κ2) is 6.82. The molecule has 0 atom stereocenters. The minimum Gasteiger partial charge on any atom is -0.872 e. The van der Waals surface area contributed by atoms with Gasteiger partial charge in [0.25, 0.3) is 0 Å². The highest BCUT2D eigenvalue weighted by Crippen LogP contribution is 2.21. The molecule has 2 rings (SSSR count). The summed E-state index contributed by atoms with van der Waals surface area (Å²) in [6.07, 6.45) is 1.33. The highest BCUT2D eigenvalue weighted by molar-refractivity contribution is 6.33. The van der Waals surface area contributed by atoms with Crippen molar-refractivity contribution in [3.05, 3.63) is 52.5 Å². The van der Waals surface area contributed by atoms with Gasteiger partial charge >= 0.3 is 5.97 Å². The molecule has 0 amide bonds. The van der Waals surface area contributed by atoms with Crippen LogP contribution < -0.4 is 15.3 Å². The number of nitrogens with zero attached hydrogens (tertiary/aromatic N) is 1. The maximum absolute atomic E-state index is 11.6. The average Bonchev–Trinajstić information content (AvgIpc) is 2.50. The minimum atomic E-state index is -1.13. The van der Waals surface area contributed by atoms with Gasteiger partial charge in [-0.25, -0.2) is 4.79 Å². The van der Waals surface area contributed by atoms with Crippen molar-refractivity contribution in [3.8, 4) is 11.5 Å². The number of hydrazone groups is 1. The third kappa shape index (κ3) is 3.67. The van der Waals surface area contributed by atoms with E-state index in [0.29, 0.717) is 17.0 Å². The molecule has 2 N–H and O–H groups in total. The van der Waals surface area contributed by atoms with E-state index in [1.54, 1.807) is 18.2 Å². The van der Waals surface area contributed by atoms with Crippen LogP contribution in [0.4, 0.5) is 5.69 Å². The molecule has 0 fully saturated rings. The quantitative estimate of drug-likeness (QED) is 0.652. The Hall–Kier alpha value is -2.73. The van der Waals surface area contributed by atoms with Gasteiger partial charge in [-0.05, 0) is 35.9 Å². The van der Waals surface area contributed by atoms with Gasteiger partial charge in [0.15, 0.2) is 0 Å². The Balaban J connectivity index is 2.16. The molecule has 0 bridgehead atoms. The number of aromatic carboxylic acids is 1. The van der Waals surface area contributed by atoms with Crippen molar-refractivity contribution in [3.63, 3.8) is 0 Å². The summed E-state index contributed by atoms with van der Waals surface area (Å²) in [5.41, 5.74) is 3.40. The number of carboxylic acid groups (broad SMARTS) is 1. The van der Waals surface area contributed by atoms with Gasteiger partial charge in [0.05, 0.1) is 29.6 Å². The largest absolute Gasteiger partial charge is 0.872 e. The number of hydrogen-bond donors (Lipinski definition) is 2. The number of hydrogen-bond acceptors (Lipinski definition) is 5. The Morgan fingerprint density at radius 3 is 2.82 bits per heavy atom. The summed E-state index contributed by atoms with van der Waals surface area (Å²) in [5, 5.41) is 24.7. The van der Waals surface area contributed by atoms with Crippen LogP contribution in [0.2, 0.25) is 5.02 Å². The van der Waals surface area contributed by atoms with Crippen LogP contribution in [0.3, 0.4) is 0 Å². The third-order valence-corrected chi connectivity index (χ3v) is 3.14. The molecule has 0 heterocycles. The lowest BCUT2D eigenvalue weighted by molar-refractivity contribution is -0.268. The Morgan fingerprint density at radius 1 is 1.36 bits per heavy atom. The van der Waals surface area contributed by atoms with E-state index in [1.807, 2.05) is 0 Å². The van der Waals surface area contributed by atoms with Gasteiger partial charge in [0, 0.05) is 0 Å². The fourth-order valence-corrected chi connectivity index (χ4v) is 1.89. The summed E-state index contributed by atoms with van der Waals surface area (Å²) in [6, 6.07) is 8.88. The molecule has 0 radical (unpaired) electrons. The van der Waals surface area contributed by atoms with Gasteiger partial charge in [0.2, 0.25) is 0 Å². The summed E-state index contributed by atoms with van der Waals surface area (Å²) in [5.74, 6) is -0.790. The number of nitrogens with one attached hydrogen (secondary N) is 1. The number of ether oxygens (including phenoxy) is 1. The highest BCUT2D eigenvalue weighted by atomic mass is 35.5. The lowest BCUT2D eigenvalue weighted by Crippen LogP contribution is -2.00. The second-order valence-electron chi connectivity index (χ2n) is 4.27. The molecule has 114 valence electrons. The number of anilines is 1. The molecular weight excluding hydrogens is 308 g/mol. The number of carboxylic acids is 1. The maximum Gasteiger partial charge on any atom is 0.337 e. The van der Waals surface area contributed by atoms with Gasteiger partial charge in [-0.2, -0.15) is 5.10 Å². The van der Waals surface area contributed by atoms with Crippen LogP contribution in [-0.4, -0.2) is 24.4 Å². The SMILES string of the molecule is COc1ccc([O-])c(/C=N/Nc2ccc(Cl)c(C(=O)O)c2)c1. The standard InChI is InChI=1S/C15H13ClN2O4/c1-22-11-3-5-14(19)9(6-11)8-17-18-10-2-4-13(16)12(7-10)15(20)21/h2-8,18-19H,1H3,(H,20,21)/p-1/b17-8+. The summed E-state index contributed by atoms with van der Waals surface area (Å²) < 4.78 is 5.03. The first-order valence-corrected chi connectivity index (χ1v) is 6.56. The maximum atomic E-state index is 11.6. The molecule has 7 heteroatoms. The zero-order chi connectivity index (χ0) is 16.1. The lowest BCUT2D eigenvalue weighted by atomic mass is 10.2. The smallest absolute Gasteiger partial charge is 0.337 e. The Morgan fingerprint density at radius 2 is 2.14 bits per heavy atom. The van der Waals surface area contributed by atoms with Crippen molar-refractivity contribution in [1.29, 1.82) is 0 Å². The number of benzene rings is 2. The van der Waals surface area contributed by atoms with Crippen molar-refractivity contribution in [2.24, 2.45) is 5.10 Å². The van der Waals surface area contributed by atoms with Crippen molar-refractivity contribution in [2.45, 2.75) is 0 Å². The van der Waals surface area contributed by atoms with Crippen LogP contribution in [0.25, 0.3) is 0 Å². The fraction of sp³-hybridized carbons (Fsp3) is 0.0667. The number of rotatable bonds is 5. The van der Waals surface area contributed by atoms with Gasteiger partial charge in [-0.3, -0.25) is 5.43 Å². The zero-order valence-corrected chi connectivity index (χ0v) is 12.3. The van der Waals surface area contributed by atoms with Crippen molar-refractivity contribution in [1.82, 2.24) is 0 Å². The van der Waals surface area contributed by atoms with Crippen LogP contribution >= 0.6 is 11.6 Å². The van der Waals surface area contributed by atoms with E-state index >= 15 is 0 Å². The van der Waals surface area contributed by atoms with Crippen molar-refractivity contribution < 1.29 is 19.7 Å². The summed E-state index contributed by atoms with van der Waals surface area (Å²) in [6.45, 7) is 0. The Labute approximate surface area is 131 Å². The molecular formula is C15H12ClN2O4-. The lowest BCUT2D eigenvalue weighted by Gasteiger charge is -2.11. The summed E-state index contributed by atoms with van der Waals surface area (Å²) in [7, 11) is 1.50. The molecule has 0 spiro atoms. The van der Waals surface area contributed by atoms with E-state index in [1.165, 1.54) is 31.5 Å². The predicted octanol–water partition coefficient (Wildman–Crippen LogP) is 2.57. The van der Waals surface area contributed by atoms with Gasteiger partial charge < -0.3 is 14.9 Å². The van der Waals surface area contributed by atoms with Crippen LogP contribution in [0.15, 0.2) is 41.5 Å². The molecule has 0 saturated carbocycles. The average molecular weight is 320 g/mol. The molecule has 0 aliphatic heterocycles. The molecule has 0 unspecified atom stereocenters. The van der Waals surface area contributed by atoms with E-state index in [4.69, 9.17) is 21.4 Å². The molecule has 22 heavy (non-hydrogen) atoms. The number of carbonyl (C=O) groups is 1. The van der Waals surface area contributed by atoms with Crippen LogP contribution in [0.1, 0.15) is 15.9 Å². The van der Waals surface area contributed by atoms with E-state index in [-0.39, 0.29) is 16.3 Å². The topological polar surface area (TPSA) is 94.0 Å². The summed E-state index contributed by atoms with van der Waals surface area (Å²) in [4.78, 5) is 11.0. The first-order valence-electron chi connectivity index (χ1n) is 6.18. The number of methoxy groups -OCH3 is 1. The van der Waals surface area contributed by atoms with Crippen molar-refractivity contribution in [2.75, 3.05) is 12.5 Å². The van der Waals surface area contributed by atoms with E-state index in [9.17, 15) is 9.90 Å². The monoisotopic (exact) mass is 319 g/mol. The van der Waals surface area contributed by atoms with Crippen LogP contribution in [0, 0.1) is 0 Å². The van der Waals surface area contributed by atoms with Crippen molar-refractivity contribution >= 4 is 29.5 Å². The van der Waals surface area contributed by atoms with Gasteiger partial charge in [-0.1, -0.05) is 23.4 Å². The second-order valence-corrected chi connectivity index (χ2v) is 4.68. The first-order chi connectivity index (χ1) is 10.5. The predicted molar refractivity (Wildman–Crippen MR) is 82.1 cm³/mol. The molecule has 2 aromatic carbocycles. The highest BCUT2D eigenvalue weighted by Gasteiger charge is 2.08. The number of halogens is 1. The molecule has 0 saturated heterocycles. The zero-order valence-electron chi connectivity index (χ0n) is 11.5. The van der Waals surface area contributed by atoms with Crippen LogP contribution in [-0.2, 0) is 0 Å². The van der Waals surface area contributed by atoms with E-state index < -0.39 is 5.97 Å². The van der Waals surface area contributed by atoms with Gasteiger partial charge in [-0.15, -0.1) is 0 Å². The molecule has 6 nitrogen and oxygen atoms in total. The molecule has 0 aliphatic carbocycles. The first kappa shape index (κ1) is 15.7. The molecule has 0 aliphatic rings. The van der Waals surface area contributed by atoms with E-state index in [2.05, 4.69) is 10.5 Å². The van der Waals surface area contributed by atoms with Crippen LogP contribution in [0.5, 0.6) is 11.5 Å². The Bertz CT molecular complexity index is 731. The molecule has 0 aromatic heterocycles. The van der Waals surface area contributed by atoms with E-state index in [0.717, 1.165) is 0 Å². The molecule has 2 aromatic rings. The summed E-state index contributed by atoms with van der Waals surface area (Å²) >= 11 is 5.77. The minimum absolute atomic E-state index is 0.0345. The van der Waals surface area contributed by atoms with Gasteiger partial charge in [0.1, 0.15) is 5.75 Å². The third-order valence-electron chi connectivity index (χ3n) is 2.81.